The van der Waals surface area contributed by atoms with E-state index >= 15 is 0 Å². The average molecular weight is 519 g/mol. The van der Waals surface area contributed by atoms with E-state index in [1.165, 1.54) is 12.1 Å². The first kappa shape index (κ1) is 24.7. The van der Waals surface area contributed by atoms with Crippen LogP contribution in [0.1, 0.15) is 60.0 Å². The minimum atomic E-state index is -4.40. The predicted octanol–water partition coefficient (Wildman–Crippen LogP) is 6.52. The number of aromatic nitrogens is 1. The molecule has 3 aromatic rings. The number of hydrogen-bond donors (Lipinski definition) is 2. The van der Waals surface area contributed by atoms with E-state index in [4.69, 9.17) is 11.6 Å². The number of hydrogen-bond acceptors (Lipinski definition) is 2. The molecule has 2 aromatic carbocycles. The van der Waals surface area contributed by atoms with Crippen LogP contribution in [0.15, 0.2) is 48.7 Å². The summed E-state index contributed by atoms with van der Waals surface area (Å²) < 4.78 is 40.6. The Morgan fingerprint density at radius 1 is 1.06 bits per heavy atom. The van der Waals surface area contributed by atoms with Crippen molar-refractivity contribution in [2.75, 3.05) is 0 Å². The number of amides is 1. The number of carbonyl (C=O) groups is 2. The molecule has 1 heterocycles. The van der Waals surface area contributed by atoms with E-state index in [0.717, 1.165) is 43.2 Å². The highest BCUT2D eigenvalue weighted by Gasteiger charge is 2.51. The highest BCUT2D eigenvalue weighted by Crippen LogP contribution is 2.49. The Morgan fingerprint density at radius 3 is 2.31 bits per heavy atom. The number of carboxylic acid groups (broad SMARTS) is 1. The third kappa shape index (κ3) is 4.83. The zero-order valence-electron chi connectivity index (χ0n) is 19.4. The van der Waals surface area contributed by atoms with Crippen LogP contribution >= 0.6 is 11.6 Å². The highest BCUT2D eigenvalue weighted by molar-refractivity contribution is 6.32. The van der Waals surface area contributed by atoms with E-state index in [-0.39, 0.29) is 23.3 Å². The molecule has 0 bridgehead atoms. The summed E-state index contributed by atoms with van der Waals surface area (Å²) in [5.41, 5.74) is 0.736. The van der Waals surface area contributed by atoms with E-state index in [1.54, 1.807) is 18.3 Å². The van der Waals surface area contributed by atoms with Crippen molar-refractivity contribution in [2.24, 2.45) is 11.8 Å². The summed E-state index contributed by atoms with van der Waals surface area (Å²) in [6.07, 6.45) is 1.90. The number of benzene rings is 2. The second-order valence-electron chi connectivity index (χ2n) is 10.0. The van der Waals surface area contributed by atoms with Gasteiger partial charge in [0.15, 0.2) is 0 Å². The maximum Gasteiger partial charge on any atom is 0.416 e. The normalized spacial score (nSPS) is 21.3. The maximum atomic E-state index is 13.5. The monoisotopic (exact) mass is 518 g/mol. The minimum Gasteiger partial charge on any atom is -0.481 e. The van der Waals surface area contributed by atoms with Gasteiger partial charge in [0.25, 0.3) is 5.91 Å². The first-order chi connectivity index (χ1) is 17.1. The van der Waals surface area contributed by atoms with Gasteiger partial charge in [-0.2, -0.15) is 13.2 Å². The lowest BCUT2D eigenvalue weighted by Gasteiger charge is -2.33. The second-order valence-corrected chi connectivity index (χ2v) is 10.5. The summed E-state index contributed by atoms with van der Waals surface area (Å²) in [5, 5.41) is 13.7. The fourth-order valence-corrected chi connectivity index (χ4v) is 5.80. The molecule has 2 aliphatic carbocycles. The number of carbonyl (C=O) groups excluding carboxylic acids is 1. The summed E-state index contributed by atoms with van der Waals surface area (Å²) >= 11 is 6.33. The number of rotatable bonds is 6. The standard InChI is InChI=1S/C27H26ClF3N2O3/c28-21-13-18-9-12-33(15-16-1-5-20(6-2-16)27(29,30)31)23(18)22(14-21)24(34)32-26(10-11-26)19-7-3-17(4-8-19)25(35)36/h1-2,5-6,9,12-14,17,19H,3-4,7-8,10-11,15H2,(H,32,34)(H,35,36). The first-order valence-corrected chi connectivity index (χ1v) is 12.4. The molecular weight excluding hydrogens is 493 g/mol. The first-order valence-electron chi connectivity index (χ1n) is 12.1. The van der Waals surface area contributed by atoms with Gasteiger partial charge in [0.1, 0.15) is 0 Å². The van der Waals surface area contributed by atoms with Crippen LogP contribution in [0, 0.1) is 11.8 Å². The molecule has 36 heavy (non-hydrogen) atoms. The van der Waals surface area contributed by atoms with Crippen molar-refractivity contribution in [3.8, 4) is 0 Å². The lowest BCUT2D eigenvalue weighted by Crippen LogP contribution is -2.44. The average Bonchev–Trinajstić information content (AvgIpc) is 3.51. The summed E-state index contributed by atoms with van der Waals surface area (Å²) in [6, 6.07) is 10.2. The smallest absolute Gasteiger partial charge is 0.416 e. The van der Waals surface area contributed by atoms with Crippen LogP contribution in [0.25, 0.3) is 10.9 Å². The minimum absolute atomic E-state index is 0.241. The van der Waals surface area contributed by atoms with Gasteiger partial charge in [-0.05, 0) is 80.3 Å². The molecule has 0 atom stereocenters. The van der Waals surface area contributed by atoms with Crippen LogP contribution in [0.3, 0.4) is 0 Å². The Labute approximate surface area is 211 Å². The van der Waals surface area contributed by atoms with E-state index in [1.807, 2.05) is 10.6 Å². The molecule has 2 fully saturated rings. The summed E-state index contributed by atoms with van der Waals surface area (Å²) in [4.78, 5) is 24.8. The SMILES string of the molecule is O=C(NC1(C2CCC(C(=O)O)CC2)CC1)c1cc(Cl)cc2ccn(Cc3ccc(C(F)(F)F)cc3)c12. The fourth-order valence-electron chi connectivity index (χ4n) is 5.57. The second kappa shape index (κ2) is 9.14. The number of fused-ring (bicyclic) bond motifs is 1. The van der Waals surface area contributed by atoms with Crippen LogP contribution in [-0.2, 0) is 17.5 Å². The summed E-state index contributed by atoms with van der Waals surface area (Å²) in [6.45, 7) is 0.299. The van der Waals surface area contributed by atoms with Crippen molar-refractivity contribution < 1.29 is 27.9 Å². The number of nitrogens with one attached hydrogen (secondary N) is 1. The van der Waals surface area contributed by atoms with E-state index < -0.39 is 17.7 Å². The van der Waals surface area contributed by atoms with Crippen molar-refractivity contribution in [3.05, 3.63) is 70.4 Å². The topological polar surface area (TPSA) is 71.3 Å². The Morgan fingerprint density at radius 2 is 1.72 bits per heavy atom. The summed E-state index contributed by atoms with van der Waals surface area (Å²) in [5.74, 6) is -1.07. The molecule has 9 heteroatoms. The predicted molar refractivity (Wildman–Crippen MR) is 130 cm³/mol. The van der Waals surface area contributed by atoms with Gasteiger partial charge in [0.2, 0.25) is 0 Å². The Kier molecular flexibility index (Phi) is 6.27. The molecule has 2 aliphatic rings. The van der Waals surface area contributed by atoms with Crippen LogP contribution in [0.4, 0.5) is 13.2 Å². The summed E-state index contributed by atoms with van der Waals surface area (Å²) in [7, 11) is 0. The van der Waals surface area contributed by atoms with Gasteiger partial charge in [-0.15, -0.1) is 0 Å². The molecule has 0 radical (unpaired) electrons. The van der Waals surface area contributed by atoms with E-state index in [2.05, 4.69) is 5.32 Å². The number of carboxylic acids is 1. The molecule has 2 N–H and O–H groups in total. The van der Waals surface area contributed by atoms with Gasteiger partial charge in [0.05, 0.1) is 22.6 Å². The lowest BCUT2D eigenvalue weighted by molar-refractivity contribution is -0.143. The van der Waals surface area contributed by atoms with Crippen LogP contribution < -0.4 is 5.32 Å². The van der Waals surface area contributed by atoms with Crippen LogP contribution in [0.5, 0.6) is 0 Å². The van der Waals surface area contributed by atoms with Gasteiger partial charge < -0.3 is 15.0 Å². The molecule has 190 valence electrons. The Hall–Kier alpha value is -3.00. The van der Waals surface area contributed by atoms with Crippen molar-refractivity contribution in [2.45, 2.75) is 56.8 Å². The zero-order chi connectivity index (χ0) is 25.7. The van der Waals surface area contributed by atoms with Gasteiger partial charge in [-0.3, -0.25) is 9.59 Å². The number of nitrogens with zero attached hydrogens (tertiary/aromatic N) is 1. The Balaban J connectivity index is 1.38. The van der Waals surface area contributed by atoms with Crippen molar-refractivity contribution in [1.29, 1.82) is 0 Å². The molecule has 2 saturated carbocycles. The molecule has 0 unspecified atom stereocenters. The van der Waals surface area contributed by atoms with Gasteiger partial charge in [-0.25, -0.2) is 0 Å². The number of halogens is 4. The molecule has 5 rings (SSSR count). The van der Waals surface area contributed by atoms with Crippen molar-refractivity contribution in [1.82, 2.24) is 9.88 Å². The van der Waals surface area contributed by atoms with Gasteiger partial charge in [0, 0.05) is 28.7 Å². The number of aliphatic carboxylic acids is 1. The van der Waals surface area contributed by atoms with Gasteiger partial charge in [-0.1, -0.05) is 23.7 Å². The molecule has 0 saturated heterocycles. The van der Waals surface area contributed by atoms with Crippen molar-refractivity contribution >= 4 is 34.4 Å². The maximum absolute atomic E-state index is 13.5. The van der Waals surface area contributed by atoms with E-state index in [0.29, 0.717) is 41.1 Å². The third-order valence-corrected chi connectivity index (χ3v) is 7.93. The van der Waals surface area contributed by atoms with Crippen LogP contribution in [-0.4, -0.2) is 27.1 Å². The van der Waals surface area contributed by atoms with Gasteiger partial charge >= 0.3 is 12.1 Å². The largest absolute Gasteiger partial charge is 0.481 e. The molecule has 1 amide bonds. The fraction of sp³-hybridized carbons (Fsp3) is 0.407. The quantitative estimate of drug-likeness (QED) is 0.390. The lowest BCUT2D eigenvalue weighted by atomic mass is 9.77. The zero-order valence-corrected chi connectivity index (χ0v) is 20.2. The molecule has 0 spiro atoms. The molecule has 1 aromatic heterocycles. The molecular formula is C27H26ClF3N2O3. The van der Waals surface area contributed by atoms with Crippen LogP contribution in [0.2, 0.25) is 5.02 Å². The van der Waals surface area contributed by atoms with Crippen molar-refractivity contribution in [3.63, 3.8) is 0 Å². The van der Waals surface area contributed by atoms with E-state index in [9.17, 15) is 27.9 Å². The Bertz CT molecular complexity index is 1300. The molecule has 0 aliphatic heterocycles. The number of alkyl halides is 3. The third-order valence-electron chi connectivity index (χ3n) is 7.71. The molecule has 5 nitrogen and oxygen atoms in total. The highest BCUT2D eigenvalue weighted by atomic mass is 35.5.